The SMILES string of the molecule is COC(=O)[C@H](CN(Cc1ccccc1)Cc1ccccc1)c1ccc2c(c1)OCO2. The van der Waals surface area contributed by atoms with Crippen LogP contribution >= 0.6 is 0 Å². The highest BCUT2D eigenvalue weighted by Crippen LogP contribution is 2.35. The van der Waals surface area contributed by atoms with E-state index in [0.717, 1.165) is 18.7 Å². The molecule has 0 N–H and O–H groups in total. The molecule has 4 rings (SSSR count). The summed E-state index contributed by atoms with van der Waals surface area (Å²) in [6.45, 7) is 2.19. The van der Waals surface area contributed by atoms with E-state index in [1.165, 1.54) is 18.2 Å². The van der Waals surface area contributed by atoms with Crippen LogP contribution in [0.4, 0.5) is 0 Å². The summed E-state index contributed by atoms with van der Waals surface area (Å²) < 4.78 is 16.1. The standard InChI is InChI=1S/C25H25NO4/c1-28-25(27)22(21-12-13-23-24(14-21)30-18-29-23)17-26(15-19-8-4-2-5-9-19)16-20-10-6-3-7-11-20/h2-14,22H,15-18H2,1H3/t22-/m1/s1. The number of fused-ring (bicyclic) bond motifs is 1. The van der Waals surface area contributed by atoms with Gasteiger partial charge in [0.25, 0.3) is 0 Å². The predicted octanol–water partition coefficient (Wildman–Crippen LogP) is 4.37. The Morgan fingerprint density at radius 1 is 0.900 bits per heavy atom. The lowest BCUT2D eigenvalue weighted by atomic mass is 9.97. The molecule has 0 amide bonds. The van der Waals surface area contributed by atoms with Crippen molar-refractivity contribution in [3.05, 3.63) is 95.6 Å². The van der Waals surface area contributed by atoms with Gasteiger partial charge in [-0.25, -0.2) is 0 Å². The molecule has 0 bridgehead atoms. The Bertz CT molecular complexity index is 933. The number of nitrogens with zero attached hydrogens (tertiary/aromatic N) is 1. The molecule has 3 aromatic rings. The number of carbonyl (C=O) groups is 1. The van der Waals surface area contributed by atoms with Gasteiger partial charge in [-0.15, -0.1) is 0 Å². The van der Waals surface area contributed by atoms with Crippen LogP contribution in [-0.4, -0.2) is 31.3 Å². The van der Waals surface area contributed by atoms with Gasteiger partial charge in [0, 0.05) is 19.6 Å². The molecule has 3 aromatic carbocycles. The van der Waals surface area contributed by atoms with Crippen molar-refractivity contribution in [3.8, 4) is 11.5 Å². The maximum atomic E-state index is 12.7. The molecular formula is C25H25NO4. The van der Waals surface area contributed by atoms with Crippen LogP contribution in [0, 0.1) is 0 Å². The molecule has 1 aliphatic heterocycles. The first-order valence-electron chi connectivity index (χ1n) is 10.0. The second-order valence-corrected chi connectivity index (χ2v) is 7.33. The van der Waals surface area contributed by atoms with Gasteiger partial charge in [0.05, 0.1) is 13.0 Å². The maximum Gasteiger partial charge on any atom is 0.314 e. The number of hydrogen-bond donors (Lipinski definition) is 0. The van der Waals surface area contributed by atoms with E-state index in [-0.39, 0.29) is 12.8 Å². The van der Waals surface area contributed by atoms with E-state index in [1.807, 2.05) is 54.6 Å². The molecule has 0 radical (unpaired) electrons. The van der Waals surface area contributed by atoms with E-state index in [4.69, 9.17) is 14.2 Å². The van der Waals surface area contributed by atoms with Crippen LogP contribution in [0.2, 0.25) is 0 Å². The van der Waals surface area contributed by atoms with Gasteiger partial charge in [0.15, 0.2) is 11.5 Å². The number of methoxy groups -OCH3 is 1. The third-order valence-electron chi connectivity index (χ3n) is 5.22. The van der Waals surface area contributed by atoms with Crippen molar-refractivity contribution in [2.75, 3.05) is 20.4 Å². The summed E-state index contributed by atoms with van der Waals surface area (Å²) >= 11 is 0. The molecule has 0 fully saturated rings. The molecule has 0 saturated carbocycles. The zero-order valence-electron chi connectivity index (χ0n) is 17.0. The molecule has 1 atom stereocenters. The van der Waals surface area contributed by atoms with E-state index in [2.05, 4.69) is 29.2 Å². The Balaban J connectivity index is 1.60. The third kappa shape index (κ3) is 4.81. The van der Waals surface area contributed by atoms with Crippen LogP contribution in [0.3, 0.4) is 0 Å². The average Bonchev–Trinajstić information content (AvgIpc) is 3.26. The largest absolute Gasteiger partial charge is 0.469 e. The molecular weight excluding hydrogens is 378 g/mol. The van der Waals surface area contributed by atoms with Gasteiger partial charge in [-0.1, -0.05) is 66.7 Å². The maximum absolute atomic E-state index is 12.7. The minimum atomic E-state index is -0.433. The summed E-state index contributed by atoms with van der Waals surface area (Å²) in [7, 11) is 1.43. The van der Waals surface area contributed by atoms with Crippen molar-refractivity contribution >= 4 is 5.97 Å². The van der Waals surface area contributed by atoms with E-state index in [9.17, 15) is 4.79 Å². The number of carbonyl (C=O) groups excluding carboxylic acids is 1. The minimum absolute atomic E-state index is 0.204. The van der Waals surface area contributed by atoms with E-state index in [0.29, 0.717) is 18.0 Å². The highest BCUT2D eigenvalue weighted by molar-refractivity contribution is 5.78. The zero-order chi connectivity index (χ0) is 20.8. The smallest absolute Gasteiger partial charge is 0.314 e. The molecule has 1 heterocycles. The number of hydrogen-bond acceptors (Lipinski definition) is 5. The van der Waals surface area contributed by atoms with Crippen LogP contribution in [-0.2, 0) is 22.6 Å². The van der Waals surface area contributed by atoms with Crippen LogP contribution in [0.25, 0.3) is 0 Å². The van der Waals surface area contributed by atoms with Crippen LogP contribution < -0.4 is 9.47 Å². The van der Waals surface area contributed by atoms with Gasteiger partial charge in [-0.3, -0.25) is 9.69 Å². The summed E-state index contributed by atoms with van der Waals surface area (Å²) in [6, 6.07) is 26.2. The van der Waals surface area contributed by atoms with Crippen molar-refractivity contribution < 1.29 is 19.0 Å². The molecule has 154 valence electrons. The minimum Gasteiger partial charge on any atom is -0.469 e. The Kier molecular flexibility index (Phi) is 6.30. The summed E-state index contributed by atoms with van der Waals surface area (Å²) in [5, 5.41) is 0. The van der Waals surface area contributed by atoms with Gasteiger partial charge in [0.2, 0.25) is 6.79 Å². The molecule has 0 spiro atoms. The highest BCUT2D eigenvalue weighted by atomic mass is 16.7. The Hall–Kier alpha value is -3.31. The molecule has 0 aromatic heterocycles. The summed E-state index contributed by atoms with van der Waals surface area (Å²) in [4.78, 5) is 15.0. The molecule has 0 saturated heterocycles. The fourth-order valence-corrected chi connectivity index (χ4v) is 3.71. The van der Waals surface area contributed by atoms with Gasteiger partial charge in [-0.2, -0.15) is 0 Å². The molecule has 5 heteroatoms. The van der Waals surface area contributed by atoms with E-state index < -0.39 is 5.92 Å². The van der Waals surface area contributed by atoms with Gasteiger partial charge < -0.3 is 14.2 Å². The summed E-state index contributed by atoms with van der Waals surface area (Å²) in [5.41, 5.74) is 3.25. The second kappa shape index (κ2) is 9.46. The number of esters is 1. The molecule has 0 aliphatic carbocycles. The first kappa shape index (κ1) is 20.0. The third-order valence-corrected chi connectivity index (χ3v) is 5.22. The quantitative estimate of drug-likeness (QED) is 0.523. The van der Waals surface area contributed by atoms with Crippen molar-refractivity contribution in [1.82, 2.24) is 4.90 Å². The fraction of sp³-hybridized carbons (Fsp3) is 0.240. The molecule has 5 nitrogen and oxygen atoms in total. The van der Waals surface area contributed by atoms with Crippen molar-refractivity contribution in [2.24, 2.45) is 0 Å². The highest BCUT2D eigenvalue weighted by Gasteiger charge is 2.27. The molecule has 0 unspecified atom stereocenters. The van der Waals surface area contributed by atoms with Gasteiger partial charge in [-0.05, 0) is 28.8 Å². The first-order chi connectivity index (χ1) is 14.7. The average molecular weight is 403 g/mol. The molecule has 1 aliphatic rings. The normalized spacial score (nSPS) is 13.3. The van der Waals surface area contributed by atoms with Crippen LogP contribution in [0.1, 0.15) is 22.6 Å². The number of benzene rings is 3. The first-order valence-corrected chi connectivity index (χ1v) is 10.0. The van der Waals surface area contributed by atoms with Gasteiger partial charge in [0.1, 0.15) is 0 Å². The zero-order valence-corrected chi connectivity index (χ0v) is 17.0. The lowest BCUT2D eigenvalue weighted by molar-refractivity contribution is -0.143. The van der Waals surface area contributed by atoms with Crippen molar-refractivity contribution in [2.45, 2.75) is 19.0 Å². The Labute approximate surface area is 176 Å². The van der Waals surface area contributed by atoms with Crippen molar-refractivity contribution in [3.63, 3.8) is 0 Å². The monoisotopic (exact) mass is 403 g/mol. The van der Waals surface area contributed by atoms with Crippen LogP contribution in [0.15, 0.2) is 78.9 Å². The summed E-state index contributed by atoms with van der Waals surface area (Å²) in [5.74, 6) is 0.670. The Morgan fingerprint density at radius 2 is 1.50 bits per heavy atom. The fourth-order valence-electron chi connectivity index (χ4n) is 3.71. The van der Waals surface area contributed by atoms with E-state index >= 15 is 0 Å². The van der Waals surface area contributed by atoms with E-state index in [1.54, 1.807) is 0 Å². The second-order valence-electron chi connectivity index (χ2n) is 7.33. The number of ether oxygens (including phenoxy) is 3. The lowest BCUT2D eigenvalue weighted by Gasteiger charge is -2.27. The van der Waals surface area contributed by atoms with Crippen molar-refractivity contribution in [1.29, 1.82) is 0 Å². The Morgan fingerprint density at radius 3 is 2.10 bits per heavy atom. The van der Waals surface area contributed by atoms with Crippen LogP contribution in [0.5, 0.6) is 11.5 Å². The molecule has 30 heavy (non-hydrogen) atoms. The topological polar surface area (TPSA) is 48.0 Å². The predicted molar refractivity (Wildman–Crippen MR) is 114 cm³/mol. The van der Waals surface area contributed by atoms with Gasteiger partial charge >= 0.3 is 5.97 Å². The number of rotatable bonds is 8. The lowest BCUT2D eigenvalue weighted by Crippen LogP contribution is -2.32. The summed E-state index contributed by atoms with van der Waals surface area (Å²) in [6.07, 6.45) is 0.